The minimum atomic E-state index is 0.0896. The Kier molecular flexibility index (Phi) is 4.09. The highest BCUT2D eigenvalue weighted by atomic mass is 16.5. The second kappa shape index (κ2) is 5.12. The molecule has 0 amide bonds. The van der Waals surface area contributed by atoms with Crippen LogP contribution >= 0.6 is 0 Å². The predicted octanol–water partition coefficient (Wildman–Crippen LogP) is 1.96. The Morgan fingerprint density at radius 3 is 2.73 bits per heavy atom. The van der Waals surface area contributed by atoms with E-state index in [4.69, 9.17) is 4.74 Å². The number of morpholine rings is 1. The fraction of sp³-hybridized carbons (Fsp3) is 0.583. The summed E-state index contributed by atoms with van der Waals surface area (Å²) in [5.41, 5.74) is 1.61. The lowest BCUT2D eigenvalue weighted by Crippen LogP contribution is -2.35. The molecule has 3 nitrogen and oxygen atoms in total. The van der Waals surface area contributed by atoms with Gasteiger partial charge in [0.05, 0.1) is 18.9 Å². The highest BCUT2D eigenvalue weighted by molar-refractivity contribution is 5.93. The molecule has 0 spiro atoms. The van der Waals surface area contributed by atoms with Crippen LogP contribution in [0.25, 0.3) is 0 Å². The van der Waals surface area contributed by atoms with E-state index in [0.29, 0.717) is 19.1 Å². The maximum atomic E-state index is 11.5. The number of ketones is 1. The van der Waals surface area contributed by atoms with Crippen molar-refractivity contribution in [1.29, 1.82) is 0 Å². The van der Waals surface area contributed by atoms with Crippen molar-refractivity contribution in [2.24, 2.45) is 5.92 Å². The Morgan fingerprint density at radius 1 is 1.60 bits per heavy atom. The maximum absolute atomic E-state index is 11.5. The Labute approximate surface area is 91.4 Å². The molecule has 0 aliphatic carbocycles. The van der Waals surface area contributed by atoms with Crippen LogP contribution in [-0.4, -0.2) is 30.4 Å². The van der Waals surface area contributed by atoms with Crippen LogP contribution in [0.2, 0.25) is 0 Å². The lowest BCUT2D eigenvalue weighted by atomic mass is 10.1. The molecule has 15 heavy (non-hydrogen) atoms. The van der Waals surface area contributed by atoms with E-state index in [0.717, 1.165) is 17.9 Å². The summed E-state index contributed by atoms with van der Waals surface area (Å²) in [5.74, 6) is 0.450. The van der Waals surface area contributed by atoms with Crippen molar-refractivity contribution in [2.45, 2.75) is 20.8 Å². The van der Waals surface area contributed by atoms with E-state index >= 15 is 0 Å². The second-order valence-corrected chi connectivity index (χ2v) is 4.12. The molecular weight excluding hydrogens is 190 g/mol. The summed E-state index contributed by atoms with van der Waals surface area (Å²) in [6.07, 6.45) is 1.98. The van der Waals surface area contributed by atoms with Gasteiger partial charge in [-0.25, -0.2) is 0 Å². The molecule has 0 saturated carbocycles. The lowest BCUT2D eigenvalue weighted by molar-refractivity contribution is -0.115. The van der Waals surface area contributed by atoms with E-state index in [1.807, 2.05) is 11.0 Å². The molecule has 0 aromatic rings. The first-order chi connectivity index (χ1) is 7.02. The molecule has 1 rings (SSSR count). The van der Waals surface area contributed by atoms with Gasteiger partial charge >= 0.3 is 0 Å². The maximum Gasteiger partial charge on any atom is 0.175 e. The zero-order valence-corrected chi connectivity index (χ0v) is 9.75. The zero-order valence-electron chi connectivity index (χ0n) is 9.75. The summed E-state index contributed by atoms with van der Waals surface area (Å²) in [6.45, 7) is 11.5. The minimum Gasteiger partial charge on any atom is -0.373 e. The van der Waals surface area contributed by atoms with Crippen LogP contribution in [0.15, 0.2) is 24.0 Å². The van der Waals surface area contributed by atoms with Crippen molar-refractivity contribution in [3.05, 3.63) is 24.0 Å². The lowest BCUT2D eigenvalue weighted by Gasteiger charge is -2.32. The minimum absolute atomic E-state index is 0.0896. The van der Waals surface area contributed by atoms with Crippen LogP contribution in [0.3, 0.4) is 0 Å². The molecular formula is C12H19NO2. The third-order valence-corrected chi connectivity index (χ3v) is 2.25. The van der Waals surface area contributed by atoms with E-state index < -0.39 is 0 Å². The van der Waals surface area contributed by atoms with Gasteiger partial charge in [0.15, 0.2) is 5.78 Å². The highest BCUT2D eigenvalue weighted by Gasteiger charge is 2.20. The molecule has 1 saturated heterocycles. The molecule has 0 atom stereocenters. The van der Waals surface area contributed by atoms with E-state index in [2.05, 4.69) is 20.4 Å². The molecule has 0 aromatic heterocycles. The first-order valence-corrected chi connectivity index (χ1v) is 5.28. The van der Waals surface area contributed by atoms with Gasteiger partial charge in [-0.15, -0.1) is 0 Å². The average molecular weight is 209 g/mol. The van der Waals surface area contributed by atoms with Crippen molar-refractivity contribution in [3.63, 3.8) is 0 Å². The van der Waals surface area contributed by atoms with Gasteiger partial charge in [-0.05, 0) is 5.92 Å². The molecule has 3 heteroatoms. The smallest absolute Gasteiger partial charge is 0.175 e. The third-order valence-electron chi connectivity index (χ3n) is 2.25. The van der Waals surface area contributed by atoms with Crippen molar-refractivity contribution in [3.8, 4) is 0 Å². The normalized spacial score (nSPS) is 18.5. The molecule has 84 valence electrons. The molecule has 0 N–H and O–H groups in total. The van der Waals surface area contributed by atoms with E-state index in [-0.39, 0.29) is 5.78 Å². The monoisotopic (exact) mass is 209 g/mol. The summed E-state index contributed by atoms with van der Waals surface area (Å²) in [6, 6.07) is 0. The van der Waals surface area contributed by atoms with Gasteiger partial charge in [0, 0.05) is 19.2 Å². The van der Waals surface area contributed by atoms with Crippen LogP contribution in [-0.2, 0) is 9.53 Å². The summed E-state index contributed by atoms with van der Waals surface area (Å²) in [7, 11) is 0. The largest absolute Gasteiger partial charge is 0.373 e. The summed E-state index contributed by atoms with van der Waals surface area (Å²) in [5, 5.41) is 0. The van der Waals surface area contributed by atoms with Crippen LogP contribution in [0, 0.1) is 5.92 Å². The van der Waals surface area contributed by atoms with E-state index in [1.165, 1.54) is 0 Å². The van der Waals surface area contributed by atoms with Gasteiger partial charge in [0.25, 0.3) is 0 Å². The van der Waals surface area contributed by atoms with Gasteiger partial charge in [-0.3, -0.25) is 4.79 Å². The first-order valence-electron chi connectivity index (χ1n) is 5.28. The van der Waals surface area contributed by atoms with Gasteiger partial charge in [-0.2, -0.15) is 0 Å². The summed E-state index contributed by atoms with van der Waals surface area (Å²) >= 11 is 0. The highest BCUT2D eigenvalue weighted by Crippen LogP contribution is 2.18. The fourth-order valence-corrected chi connectivity index (χ4v) is 1.59. The Balaban J connectivity index is 2.88. The summed E-state index contributed by atoms with van der Waals surface area (Å²) in [4.78, 5) is 13.5. The molecule has 0 unspecified atom stereocenters. The number of hydrogen-bond acceptors (Lipinski definition) is 3. The molecule has 1 heterocycles. The van der Waals surface area contributed by atoms with Crippen molar-refractivity contribution < 1.29 is 9.53 Å². The average Bonchev–Trinajstić information content (AvgIpc) is 2.15. The molecule has 1 fully saturated rings. The third kappa shape index (κ3) is 3.20. The van der Waals surface area contributed by atoms with Gasteiger partial charge in [-0.1, -0.05) is 26.5 Å². The van der Waals surface area contributed by atoms with E-state index in [9.17, 15) is 4.79 Å². The fourth-order valence-electron chi connectivity index (χ4n) is 1.59. The number of rotatable bonds is 3. The quantitative estimate of drug-likeness (QED) is 0.665. The van der Waals surface area contributed by atoms with Crippen molar-refractivity contribution >= 4 is 5.78 Å². The van der Waals surface area contributed by atoms with Crippen molar-refractivity contribution in [1.82, 2.24) is 4.90 Å². The zero-order chi connectivity index (χ0) is 11.4. The van der Waals surface area contributed by atoms with E-state index in [1.54, 1.807) is 6.92 Å². The van der Waals surface area contributed by atoms with Crippen molar-refractivity contribution in [2.75, 3.05) is 19.8 Å². The number of nitrogens with zero attached hydrogens (tertiary/aromatic N) is 1. The number of ether oxygens (including phenoxy) is 1. The standard InChI is InChI=1S/C12H19NO2/c1-9(2)7-12(11(4)14)13-5-6-15-8-10(13)3/h7,9H,3,5-6,8H2,1-2,4H3/b12-7-. The molecule has 0 radical (unpaired) electrons. The molecule has 1 aliphatic rings. The van der Waals surface area contributed by atoms with Crippen LogP contribution in [0.1, 0.15) is 20.8 Å². The van der Waals surface area contributed by atoms with Crippen LogP contribution < -0.4 is 0 Å². The first kappa shape index (κ1) is 12.0. The van der Waals surface area contributed by atoms with Crippen LogP contribution in [0.4, 0.5) is 0 Å². The van der Waals surface area contributed by atoms with Gasteiger partial charge in [0.2, 0.25) is 0 Å². The van der Waals surface area contributed by atoms with Crippen LogP contribution in [0.5, 0.6) is 0 Å². The number of hydrogen-bond donors (Lipinski definition) is 0. The second-order valence-electron chi connectivity index (χ2n) is 4.12. The number of carbonyl (C=O) groups excluding carboxylic acids is 1. The van der Waals surface area contributed by atoms with Gasteiger partial charge < -0.3 is 9.64 Å². The Hall–Kier alpha value is -1.09. The Morgan fingerprint density at radius 2 is 2.27 bits per heavy atom. The topological polar surface area (TPSA) is 29.5 Å². The SMILES string of the molecule is C=C1COCCN1/C(=C\C(C)C)C(C)=O. The Bertz CT molecular complexity index is 292. The number of allylic oxidation sites excluding steroid dienone is 2. The number of Topliss-reactive ketones (excluding diaryl/α,β-unsaturated/α-hetero) is 1. The molecule has 1 aliphatic heterocycles. The van der Waals surface area contributed by atoms with Gasteiger partial charge in [0.1, 0.15) is 0 Å². The molecule has 0 aromatic carbocycles. The summed E-state index contributed by atoms with van der Waals surface area (Å²) < 4.78 is 5.27. The number of carbonyl (C=O) groups is 1. The molecule has 0 bridgehead atoms. The predicted molar refractivity (Wildman–Crippen MR) is 60.3 cm³/mol.